The van der Waals surface area contributed by atoms with Crippen LogP contribution >= 0.6 is 11.3 Å². The summed E-state index contributed by atoms with van der Waals surface area (Å²) in [4.78, 5) is 46.4. The smallest absolute Gasteiger partial charge is 0.324 e. The van der Waals surface area contributed by atoms with Crippen molar-refractivity contribution in [2.45, 2.75) is 45.1 Å². The summed E-state index contributed by atoms with van der Waals surface area (Å²) in [5, 5.41) is 12.6. The molecule has 2 aromatic heterocycles. The van der Waals surface area contributed by atoms with Gasteiger partial charge in [-0.1, -0.05) is 11.3 Å². The molecule has 3 rings (SSSR count). The lowest BCUT2D eigenvalue weighted by Gasteiger charge is -2.21. The quantitative estimate of drug-likeness (QED) is 0.682. The predicted octanol–water partition coefficient (Wildman–Crippen LogP) is 2.36. The van der Waals surface area contributed by atoms with Crippen molar-refractivity contribution in [1.29, 1.82) is 0 Å². The lowest BCUT2D eigenvalue weighted by molar-refractivity contribution is -0.142. The number of nitrogens with two attached hydrogens (primary N) is 1. The molecule has 1 fully saturated rings. The van der Waals surface area contributed by atoms with Crippen molar-refractivity contribution in [2.24, 2.45) is 5.73 Å². The Hall–Kier alpha value is -3.01. The summed E-state index contributed by atoms with van der Waals surface area (Å²) in [6.45, 7) is 5.47. The van der Waals surface area contributed by atoms with Gasteiger partial charge in [0.2, 0.25) is 5.91 Å². The van der Waals surface area contributed by atoms with E-state index < -0.39 is 29.4 Å². The van der Waals surface area contributed by atoms with Crippen LogP contribution < -0.4 is 11.1 Å². The van der Waals surface area contributed by atoms with Gasteiger partial charge in [0.1, 0.15) is 11.5 Å². The summed E-state index contributed by atoms with van der Waals surface area (Å²) < 4.78 is 0. The average Bonchev–Trinajstić information content (AvgIpc) is 3.28. The number of aromatic nitrogens is 2. The first-order valence-electron chi connectivity index (χ1n) is 9.16. The number of aryl methyl sites for hydroxylation is 1. The van der Waals surface area contributed by atoms with Crippen molar-refractivity contribution in [3.8, 4) is 10.4 Å². The number of thiazole rings is 1. The summed E-state index contributed by atoms with van der Waals surface area (Å²) >= 11 is 1.28. The van der Waals surface area contributed by atoms with Crippen molar-refractivity contribution < 1.29 is 19.5 Å². The third-order valence-electron chi connectivity index (χ3n) is 5.05. The highest BCUT2D eigenvalue weighted by molar-refractivity contribution is 7.19. The molecule has 3 amide bonds. The van der Waals surface area contributed by atoms with E-state index in [4.69, 9.17) is 5.73 Å². The summed E-state index contributed by atoms with van der Waals surface area (Å²) in [5.41, 5.74) is 6.14. The molecule has 1 aliphatic rings. The molecule has 4 N–H and O–H groups in total. The zero-order chi connectivity index (χ0) is 21.3. The van der Waals surface area contributed by atoms with Gasteiger partial charge in [0.05, 0.1) is 16.3 Å². The highest BCUT2D eigenvalue weighted by Gasteiger charge is 2.33. The molecule has 29 heavy (non-hydrogen) atoms. The Morgan fingerprint density at radius 3 is 2.76 bits per heavy atom. The van der Waals surface area contributed by atoms with E-state index in [1.807, 2.05) is 6.92 Å². The predicted molar refractivity (Wildman–Crippen MR) is 109 cm³/mol. The van der Waals surface area contributed by atoms with Crippen LogP contribution in [0.3, 0.4) is 0 Å². The molecule has 1 atom stereocenters. The number of carbonyl (C=O) groups excluding carboxylic acids is 2. The van der Waals surface area contributed by atoms with Crippen molar-refractivity contribution in [3.05, 3.63) is 29.7 Å². The van der Waals surface area contributed by atoms with Gasteiger partial charge in [0.25, 0.3) is 0 Å². The van der Waals surface area contributed by atoms with Crippen LogP contribution in [-0.4, -0.2) is 50.5 Å². The number of hydrogen-bond acceptors (Lipinski definition) is 6. The van der Waals surface area contributed by atoms with Crippen LogP contribution in [0.25, 0.3) is 10.4 Å². The Labute approximate surface area is 172 Å². The van der Waals surface area contributed by atoms with Crippen LogP contribution in [0.1, 0.15) is 38.1 Å². The van der Waals surface area contributed by atoms with Gasteiger partial charge in [0.15, 0.2) is 5.13 Å². The Bertz CT molecular complexity index is 971. The van der Waals surface area contributed by atoms with Crippen molar-refractivity contribution >= 4 is 34.4 Å². The van der Waals surface area contributed by atoms with Crippen molar-refractivity contribution in [3.63, 3.8) is 0 Å². The van der Waals surface area contributed by atoms with Crippen molar-refractivity contribution in [1.82, 2.24) is 14.9 Å². The molecule has 10 heteroatoms. The number of hydrogen-bond donors (Lipinski definition) is 3. The van der Waals surface area contributed by atoms with Crippen molar-refractivity contribution in [2.75, 3.05) is 11.9 Å². The van der Waals surface area contributed by atoms with Crippen LogP contribution in [-0.2, 0) is 15.0 Å². The number of nitrogens with zero attached hydrogens (tertiary/aromatic N) is 3. The second kappa shape index (κ2) is 7.78. The fraction of sp³-hybridized carbons (Fsp3) is 0.421. The topological polar surface area (TPSA) is 139 Å². The van der Waals surface area contributed by atoms with E-state index in [1.165, 1.54) is 16.2 Å². The fourth-order valence-corrected chi connectivity index (χ4v) is 4.16. The van der Waals surface area contributed by atoms with Gasteiger partial charge >= 0.3 is 12.0 Å². The van der Waals surface area contributed by atoms with Gasteiger partial charge in [-0.25, -0.2) is 9.78 Å². The molecule has 0 aliphatic carbocycles. The number of rotatable bonds is 5. The van der Waals surface area contributed by atoms with Crippen LogP contribution in [0.4, 0.5) is 9.93 Å². The Kier molecular flexibility index (Phi) is 5.56. The van der Waals surface area contributed by atoms with Crippen LogP contribution in [0.15, 0.2) is 18.3 Å². The molecule has 0 aromatic carbocycles. The molecule has 0 unspecified atom stereocenters. The number of nitrogens with one attached hydrogen (secondary N) is 1. The summed E-state index contributed by atoms with van der Waals surface area (Å²) in [5.74, 6) is -1.48. The SMILES string of the molecule is Cc1nc(NC(=O)N2CCC[C@H]2C(N)=O)sc1-c1ccnc(C(C)(C)C(=O)O)c1. The van der Waals surface area contributed by atoms with E-state index in [0.29, 0.717) is 29.5 Å². The maximum atomic E-state index is 12.5. The average molecular weight is 417 g/mol. The molecule has 0 radical (unpaired) electrons. The third kappa shape index (κ3) is 4.07. The summed E-state index contributed by atoms with van der Waals surface area (Å²) in [6, 6.07) is 2.49. The van der Waals surface area contributed by atoms with E-state index in [9.17, 15) is 19.5 Å². The van der Waals surface area contributed by atoms with Gasteiger partial charge in [-0.3, -0.25) is 19.9 Å². The van der Waals surface area contributed by atoms with Crippen LogP contribution in [0.2, 0.25) is 0 Å². The maximum Gasteiger partial charge on any atom is 0.324 e. The number of primary amides is 1. The summed E-state index contributed by atoms with van der Waals surface area (Å²) in [7, 11) is 0. The van der Waals surface area contributed by atoms with Gasteiger partial charge in [-0.2, -0.15) is 0 Å². The number of aliphatic carboxylic acids is 1. The molecule has 154 valence electrons. The Balaban J connectivity index is 1.83. The number of likely N-dealkylation sites (tertiary alicyclic amines) is 1. The minimum absolute atomic E-state index is 0.397. The number of anilines is 1. The minimum atomic E-state index is -1.13. The second-order valence-electron chi connectivity index (χ2n) is 7.48. The number of pyridine rings is 1. The van der Waals surface area contributed by atoms with Gasteiger partial charge in [-0.15, -0.1) is 0 Å². The molecule has 1 aliphatic heterocycles. The van der Waals surface area contributed by atoms with E-state index in [1.54, 1.807) is 32.2 Å². The number of carbonyl (C=O) groups is 3. The molecular weight excluding hydrogens is 394 g/mol. The third-order valence-corrected chi connectivity index (χ3v) is 6.17. The first-order chi connectivity index (χ1) is 13.6. The van der Waals surface area contributed by atoms with Crippen LogP contribution in [0, 0.1) is 6.92 Å². The van der Waals surface area contributed by atoms with E-state index in [2.05, 4.69) is 15.3 Å². The lowest BCUT2D eigenvalue weighted by Crippen LogP contribution is -2.45. The standard InChI is InChI=1S/C19H23N5O4S/c1-10-14(11-6-7-21-13(9-11)19(2,3)16(26)27)29-17(22-10)23-18(28)24-8-4-5-12(24)15(20)25/h6-7,9,12H,4-5,8H2,1-3H3,(H2,20,25)(H,26,27)(H,22,23,28)/t12-/m0/s1. The highest BCUT2D eigenvalue weighted by atomic mass is 32.1. The normalized spacial score (nSPS) is 16.7. The van der Waals surface area contributed by atoms with E-state index in [-0.39, 0.29) is 0 Å². The molecule has 9 nitrogen and oxygen atoms in total. The maximum absolute atomic E-state index is 12.5. The highest BCUT2D eigenvalue weighted by Crippen LogP contribution is 2.35. The number of carboxylic acids is 1. The first-order valence-corrected chi connectivity index (χ1v) is 9.97. The zero-order valence-corrected chi connectivity index (χ0v) is 17.2. The fourth-order valence-electron chi connectivity index (χ4n) is 3.21. The number of urea groups is 1. The second-order valence-corrected chi connectivity index (χ2v) is 8.48. The first kappa shape index (κ1) is 20.7. The monoisotopic (exact) mass is 417 g/mol. The van der Waals surface area contributed by atoms with Gasteiger partial charge in [0, 0.05) is 12.7 Å². The molecular formula is C19H23N5O4S. The number of amides is 3. The summed E-state index contributed by atoms with van der Waals surface area (Å²) in [6.07, 6.45) is 2.85. The molecule has 1 saturated heterocycles. The lowest BCUT2D eigenvalue weighted by atomic mass is 9.88. The number of carboxylic acid groups (broad SMARTS) is 1. The van der Waals surface area contributed by atoms with Gasteiger partial charge in [-0.05, 0) is 51.3 Å². The minimum Gasteiger partial charge on any atom is -0.481 e. The Morgan fingerprint density at radius 2 is 2.10 bits per heavy atom. The largest absolute Gasteiger partial charge is 0.481 e. The molecule has 3 heterocycles. The molecule has 0 spiro atoms. The zero-order valence-electron chi connectivity index (χ0n) is 16.4. The van der Waals surface area contributed by atoms with Crippen LogP contribution in [0.5, 0.6) is 0 Å². The van der Waals surface area contributed by atoms with Gasteiger partial charge < -0.3 is 15.7 Å². The van der Waals surface area contributed by atoms with E-state index >= 15 is 0 Å². The molecule has 0 bridgehead atoms. The molecule has 2 aromatic rings. The Morgan fingerprint density at radius 1 is 1.38 bits per heavy atom. The van der Waals surface area contributed by atoms with E-state index in [0.717, 1.165) is 16.9 Å². The molecule has 0 saturated carbocycles.